The highest BCUT2D eigenvalue weighted by Gasteiger charge is 2.26. The van der Waals surface area contributed by atoms with Crippen LogP contribution in [-0.2, 0) is 9.59 Å². The van der Waals surface area contributed by atoms with Gasteiger partial charge in [0.1, 0.15) is 11.6 Å². The average molecular weight is 194 g/mol. The van der Waals surface area contributed by atoms with E-state index in [0.29, 0.717) is 12.8 Å². The highest BCUT2D eigenvalue weighted by Crippen LogP contribution is 2.31. The fourth-order valence-electron chi connectivity index (χ4n) is 1.71. The molecule has 0 spiro atoms. The normalized spacial score (nSPS) is 19.4. The molecule has 1 heterocycles. The Labute approximate surface area is 80.6 Å². The van der Waals surface area contributed by atoms with Crippen LogP contribution in [0.1, 0.15) is 30.1 Å². The molecule has 68 valence electrons. The van der Waals surface area contributed by atoms with Crippen LogP contribution >= 0.6 is 11.3 Å². The van der Waals surface area contributed by atoms with E-state index in [1.807, 2.05) is 17.5 Å². The molecule has 2 nitrogen and oxygen atoms in total. The maximum atomic E-state index is 11.2. The van der Waals surface area contributed by atoms with Crippen molar-refractivity contribution in [1.82, 2.24) is 0 Å². The largest absolute Gasteiger partial charge is 0.299 e. The van der Waals surface area contributed by atoms with Crippen molar-refractivity contribution in [3.63, 3.8) is 0 Å². The Hall–Kier alpha value is -0.960. The molecule has 0 bridgehead atoms. The lowest BCUT2D eigenvalue weighted by molar-refractivity contribution is -0.130. The lowest BCUT2D eigenvalue weighted by Crippen LogP contribution is -2.20. The molecular weight excluding hydrogens is 184 g/mol. The minimum atomic E-state index is 0.0923. The van der Waals surface area contributed by atoms with Crippen LogP contribution in [-0.4, -0.2) is 11.6 Å². The molecule has 0 amide bonds. The second-order valence-corrected chi connectivity index (χ2v) is 4.35. The number of hydrogen-bond donors (Lipinski definition) is 0. The fourth-order valence-corrected chi connectivity index (χ4v) is 2.54. The molecule has 13 heavy (non-hydrogen) atoms. The van der Waals surface area contributed by atoms with Crippen LogP contribution in [0, 0.1) is 0 Å². The molecule has 0 unspecified atom stereocenters. The maximum absolute atomic E-state index is 11.2. The van der Waals surface area contributed by atoms with Gasteiger partial charge in [-0.05, 0) is 11.4 Å². The van der Waals surface area contributed by atoms with Gasteiger partial charge in [0.25, 0.3) is 0 Å². The summed E-state index contributed by atoms with van der Waals surface area (Å²) >= 11 is 1.63. The average Bonchev–Trinajstić information content (AvgIpc) is 2.53. The number of hydrogen-bond acceptors (Lipinski definition) is 3. The number of Topliss-reactive ketones (excluding diaryl/α,β-unsaturated/α-hetero) is 2. The second-order valence-electron chi connectivity index (χ2n) is 3.37. The molecule has 0 saturated heterocycles. The summed E-state index contributed by atoms with van der Waals surface area (Å²) in [5.74, 6) is 0.345. The van der Waals surface area contributed by atoms with Crippen LogP contribution in [0.15, 0.2) is 17.5 Å². The van der Waals surface area contributed by atoms with Crippen molar-refractivity contribution in [2.24, 2.45) is 0 Å². The van der Waals surface area contributed by atoms with Crippen molar-refractivity contribution in [2.45, 2.75) is 25.2 Å². The van der Waals surface area contributed by atoms with Crippen LogP contribution in [0.4, 0.5) is 0 Å². The van der Waals surface area contributed by atoms with Gasteiger partial charge in [-0.1, -0.05) is 6.07 Å². The summed E-state index contributed by atoms with van der Waals surface area (Å²) in [5.41, 5.74) is 0. The van der Waals surface area contributed by atoms with E-state index in [9.17, 15) is 9.59 Å². The first-order chi connectivity index (χ1) is 6.25. The SMILES string of the molecule is O=C1CC(=O)CC(c2cccs2)C1. The molecule has 1 aliphatic rings. The predicted molar refractivity (Wildman–Crippen MR) is 50.9 cm³/mol. The van der Waals surface area contributed by atoms with Crippen LogP contribution in [0.3, 0.4) is 0 Å². The number of thiophene rings is 1. The molecular formula is C10H10O2S. The molecule has 3 heteroatoms. The zero-order valence-electron chi connectivity index (χ0n) is 7.16. The van der Waals surface area contributed by atoms with Crippen LogP contribution in [0.2, 0.25) is 0 Å². The monoisotopic (exact) mass is 194 g/mol. The molecule has 0 aromatic carbocycles. The van der Waals surface area contributed by atoms with Gasteiger partial charge in [-0.25, -0.2) is 0 Å². The van der Waals surface area contributed by atoms with Crippen LogP contribution in [0.25, 0.3) is 0 Å². The van der Waals surface area contributed by atoms with Gasteiger partial charge in [-0.3, -0.25) is 9.59 Å². The summed E-state index contributed by atoms with van der Waals surface area (Å²) in [4.78, 5) is 23.5. The van der Waals surface area contributed by atoms with E-state index < -0.39 is 0 Å². The van der Waals surface area contributed by atoms with E-state index in [2.05, 4.69) is 0 Å². The van der Waals surface area contributed by atoms with Crippen LogP contribution in [0.5, 0.6) is 0 Å². The van der Waals surface area contributed by atoms with Crippen molar-refractivity contribution in [1.29, 1.82) is 0 Å². The van der Waals surface area contributed by atoms with Gasteiger partial charge < -0.3 is 0 Å². The maximum Gasteiger partial charge on any atom is 0.140 e. The molecule has 1 saturated carbocycles. The quantitative estimate of drug-likeness (QED) is 0.642. The highest BCUT2D eigenvalue weighted by atomic mass is 32.1. The third-order valence-electron chi connectivity index (χ3n) is 2.29. The van der Waals surface area contributed by atoms with Gasteiger partial charge in [-0.15, -0.1) is 11.3 Å². The minimum Gasteiger partial charge on any atom is -0.299 e. The van der Waals surface area contributed by atoms with E-state index in [0.717, 1.165) is 0 Å². The third-order valence-corrected chi connectivity index (χ3v) is 3.32. The van der Waals surface area contributed by atoms with E-state index in [4.69, 9.17) is 0 Å². The zero-order chi connectivity index (χ0) is 9.26. The third kappa shape index (κ3) is 1.86. The summed E-state index contributed by atoms with van der Waals surface area (Å²) in [6.07, 6.45) is 1.25. The minimum absolute atomic E-state index is 0.0923. The van der Waals surface area contributed by atoms with Gasteiger partial charge in [0, 0.05) is 23.6 Å². The number of ketones is 2. The van der Waals surface area contributed by atoms with Gasteiger partial charge in [0.15, 0.2) is 0 Å². The molecule has 1 aliphatic carbocycles. The number of carbonyl (C=O) groups excluding carboxylic acids is 2. The smallest absolute Gasteiger partial charge is 0.140 e. The molecule has 1 fully saturated rings. The van der Waals surface area contributed by atoms with Crippen LogP contribution < -0.4 is 0 Å². The summed E-state index contributed by atoms with van der Waals surface area (Å²) in [6, 6.07) is 3.96. The van der Waals surface area contributed by atoms with Gasteiger partial charge in [-0.2, -0.15) is 0 Å². The predicted octanol–water partition coefficient (Wildman–Crippen LogP) is 2.15. The molecule has 0 atom stereocenters. The topological polar surface area (TPSA) is 34.1 Å². The standard InChI is InChI=1S/C10H10O2S/c11-8-4-7(5-9(12)6-8)10-2-1-3-13-10/h1-3,7H,4-6H2. The Morgan fingerprint density at radius 2 is 1.92 bits per heavy atom. The van der Waals surface area contributed by atoms with E-state index in [1.165, 1.54) is 4.88 Å². The zero-order valence-corrected chi connectivity index (χ0v) is 7.97. The van der Waals surface area contributed by atoms with E-state index in [1.54, 1.807) is 11.3 Å². The second kappa shape index (κ2) is 3.42. The Morgan fingerprint density at radius 1 is 1.23 bits per heavy atom. The number of rotatable bonds is 1. The molecule has 2 rings (SSSR count). The Balaban J connectivity index is 2.16. The lowest BCUT2D eigenvalue weighted by Gasteiger charge is -2.18. The Kier molecular flexibility index (Phi) is 2.27. The molecule has 1 aromatic heterocycles. The summed E-state index contributed by atoms with van der Waals surface area (Å²) in [6.45, 7) is 0. The summed E-state index contributed by atoms with van der Waals surface area (Å²) in [7, 11) is 0. The first-order valence-electron chi connectivity index (χ1n) is 4.32. The molecule has 0 N–H and O–H groups in total. The van der Waals surface area contributed by atoms with Crippen molar-refractivity contribution < 1.29 is 9.59 Å². The van der Waals surface area contributed by atoms with Crippen molar-refractivity contribution >= 4 is 22.9 Å². The summed E-state index contributed by atoms with van der Waals surface area (Å²) < 4.78 is 0. The molecule has 1 aromatic rings. The van der Waals surface area contributed by atoms with Crippen molar-refractivity contribution in [2.75, 3.05) is 0 Å². The van der Waals surface area contributed by atoms with Gasteiger partial charge >= 0.3 is 0 Å². The Bertz CT molecular complexity index is 311. The Morgan fingerprint density at radius 3 is 2.46 bits per heavy atom. The van der Waals surface area contributed by atoms with E-state index in [-0.39, 0.29) is 23.9 Å². The first kappa shape index (κ1) is 8.63. The first-order valence-corrected chi connectivity index (χ1v) is 5.20. The summed E-state index contributed by atoms with van der Waals surface area (Å²) in [5, 5.41) is 1.99. The molecule has 0 radical (unpaired) electrons. The van der Waals surface area contributed by atoms with E-state index >= 15 is 0 Å². The van der Waals surface area contributed by atoms with Crippen molar-refractivity contribution in [3.8, 4) is 0 Å². The highest BCUT2D eigenvalue weighted by molar-refractivity contribution is 7.10. The van der Waals surface area contributed by atoms with Gasteiger partial charge in [0.05, 0.1) is 6.42 Å². The lowest BCUT2D eigenvalue weighted by atomic mass is 9.86. The number of carbonyl (C=O) groups is 2. The van der Waals surface area contributed by atoms with Gasteiger partial charge in [0.2, 0.25) is 0 Å². The van der Waals surface area contributed by atoms with Crippen molar-refractivity contribution in [3.05, 3.63) is 22.4 Å². The molecule has 0 aliphatic heterocycles. The fraction of sp³-hybridized carbons (Fsp3) is 0.400.